The highest BCUT2D eigenvalue weighted by Gasteiger charge is 2.29. The van der Waals surface area contributed by atoms with Crippen molar-refractivity contribution in [2.75, 3.05) is 11.9 Å². The zero-order valence-corrected chi connectivity index (χ0v) is 12.5. The summed E-state index contributed by atoms with van der Waals surface area (Å²) >= 11 is 0. The van der Waals surface area contributed by atoms with Gasteiger partial charge in [0.25, 0.3) is 5.69 Å². The summed E-state index contributed by atoms with van der Waals surface area (Å²) in [6, 6.07) is 4.30. The Bertz CT molecular complexity index is 529. The minimum absolute atomic E-state index is 0.112. The normalized spacial score (nSPS) is 13.3. The standard InChI is InChI=1S/C14H21N3O4/c1-4-8-14(3,15)13(18)16-11-7-6-10(21-5-2)9-12(11)17(19)20/h6-7,9H,4-5,8,15H2,1-3H3,(H,16,18). The molecule has 0 aromatic heterocycles. The van der Waals surface area contributed by atoms with Crippen molar-refractivity contribution < 1.29 is 14.5 Å². The Morgan fingerprint density at radius 1 is 1.48 bits per heavy atom. The van der Waals surface area contributed by atoms with Crippen molar-refractivity contribution in [1.82, 2.24) is 0 Å². The van der Waals surface area contributed by atoms with Crippen LogP contribution in [0.25, 0.3) is 0 Å². The summed E-state index contributed by atoms with van der Waals surface area (Å²) < 4.78 is 5.22. The third-order valence-corrected chi connectivity index (χ3v) is 3.01. The van der Waals surface area contributed by atoms with Gasteiger partial charge in [0.15, 0.2) is 0 Å². The average molecular weight is 295 g/mol. The molecule has 21 heavy (non-hydrogen) atoms. The molecule has 7 heteroatoms. The number of rotatable bonds is 7. The number of hydrogen-bond donors (Lipinski definition) is 2. The van der Waals surface area contributed by atoms with Crippen molar-refractivity contribution in [2.24, 2.45) is 5.73 Å². The van der Waals surface area contributed by atoms with E-state index in [0.29, 0.717) is 18.8 Å². The molecule has 1 amide bonds. The molecule has 0 saturated carbocycles. The van der Waals surface area contributed by atoms with Crippen LogP contribution in [0, 0.1) is 10.1 Å². The number of carbonyl (C=O) groups excluding carboxylic acids is 1. The van der Waals surface area contributed by atoms with E-state index < -0.39 is 16.4 Å². The van der Waals surface area contributed by atoms with E-state index in [1.807, 2.05) is 6.92 Å². The molecule has 0 saturated heterocycles. The zero-order chi connectivity index (χ0) is 16.0. The van der Waals surface area contributed by atoms with Crippen LogP contribution in [0.3, 0.4) is 0 Å². The van der Waals surface area contributed by atoms with Crippen molar-refractivity contribution in [3.05, 3.63) is 28.3 Å². The van der Waals surface area contributed by atoms with E-state index >= 15 is 0 Å². The molecule has 0 radical (unpaired) electrons. The maximum Gasteiger partial charge on any atom is 0.296 e. The first-order chi connectivity index (χ1) is 9.81. The smallest absolute Gasteiger partial charge is 0.296 e. The monoisotopic (exact) mass is 295 g/mol. The van der Waals surface area contributed by atoms with Crippen LogP contribution in [0.2, 0.25) is 0 Å². The van der Waals surface area contributed by atoms with Crippen LogP contribution in [0.4, 0.5) is 11.4 Å². The van der Waals surface area contributed by atoms with Gasteiger partial charge >= 0.3 is 0 Å². The largest absolute Gasteiger partial charge is 0.494 e. The molecule has 0 bridgehead atoms. The fourth-order valence-electron chi connectivity index (χ4n) is 1.92. The van der Waals surface area contributed by atoms with Crippen LogP contribution in [0.1, 0.15) is 33.6 Å². The fourth-order valence-corrected chi connectivity index (χ4v) is 1.92. The van der Waals surface area contributed by atoms with E-state index in [-0.39, 0.29) is 11.4 Å². The van der Waals surface area contributed by atoms with E-state index in [2.05, 4.69) is 5.32 Å². The molecule has 0 fully saturated rings. The Morgan fingerprint density at radius 3 is 2.67 bits per heavy atom. The number of carbonyl (C=O) groups is 1. The summed E-state index contributed by atoms with van der Waals surface area (Å²) in [5, 5.41) is 13.6. The molecule has 7 nitrogen and oxygen atoms in total. The van der Waals surface area contributed by atoms with Crippen LogP contribution >= 0.6 is 0 Å². The predicted octanol–water partition coefficient (Wildman–Crippen LogP) is 2.45. The van der Waals surface area contributed by atoms with Crippen LogP contribution in [0.5, 0.6) is 5.75 Å². The van der Waals surface area contributed by atoms with Gasteiger partial charge in [-0.1, -0.05) is 13.3 Å². The summed E-state index contributed by atoms with van der Waals surface area (Å²) in [6.07, 6.45) is 1.23. The molecule has 0 spiro atoms. The number of benzene rings is 1. The first-order valence-corrected chi connectivity index (χ1v) is 6.83. The Balaban J connectivity index is 3.02. The van der Waals surface area contributed by atoms with Gasteiger partial charge in [0.2, 0.25) is 5.91 Å². The van der Waals surface area contributed by atoms with Crippen LogP contribution in [-0.4, -0.2) is 23.0 Å². The summed E-state index contributed by atoms with van der Waals surface area (Å²) in [5.74, 6) is -0.0668. The van der Waals surface area contributed by atoms with Gasteiger partial charge in [-0.2, -0.15) is 0 Å². The van der Waals surface area contributed by atoms with Gasteiger partial charge in [0, 0.05) is 0 Å². The van der Waals surface area contributed by atoms with Crippen LogP contribution in [-0.2, 0) is 4.79 Å². The maximum absolute atomic E-state index is 12.1. The molecule has 1 aromatic rings. The lowest BCUT2D eigenvalue weighted by Crippen LogP contribution is -2.48. The van der Waals surface area contributed by atoms with Crippen LogP contribution in [0.15, 0.2) is 18.2 Å². The minimum Gasteiger partial charge on any atom is -0.494 e. The number of nitrogens with one attached hydrogen (secondary N) is 1. The summed E-state index contributed by atoms with van der Waals surface area (Å²) in [4.78, 5) is 22.7. The summed E-state index contributed by atoms with van der Waals surface area (Å²) in [6.45, 7) is 5.70. The highest BCUT2D eigenvalue weighted by atomic mass is 16.6. The average Bonchev–Trinajstić information content (AvgIpc) is 2.40. The molecular weight excluding hydrogens is 274 g/mol. The number of nitrogens with zero attached hydrogens (tertiary/aromatic N) is 1. The molecule has 1 atom stereocenters. The third-order valence-electron chi connectivity index (χ3n) is 3.01. The number of nitro groups is 1. The number of nitro benzene ring substituents is 1. The molecule has 116 valence electrons. The summed E-state index contributed by atoms with van der Waals surface area (Å²) in [5.41, 5.74) is 4.74. The van der Waals surface area contributed by atoms with E-state index in [1.54, 1.807) is 19.9 Å². The number of anilines is 1. The second-order valence-corrected chi connectivity index (χ2v) is 4.99. The molecule has 0 aliphatic heterocycles. The molecule has 1 unspecified atom stereocenters. The van der Waals surface area contributed by atoms with Crippen molar-refractivity contribution in [3.63, 3.8) is 0 Å². The summed E-state index contributed by atoms with van der Waals surface area (Å²) in [7, 11) is 0. The highest BCUT2D eigenvalue weighted by molar-refractivity contribution is 5.99. The number of amides is 1. The van der Waals surface area contributed by atoms with Gasteiger partial charge in [-0.3, -0.25) is 14.9 Å². The molecule has 3 N–H and O–H groups in total. The Hall–Kier alpha value is -2.15. The van der Waals surface area contributed by atoms with Crippen molar-refractivity contribution >= 4 is 17.3 Å². The van der Waals surface area contributed by atoms with Gasteiger partial charge in [0.05, 0.1) is 23.1 Å². The Morgan fingerprint density at radius 2 is 2.14 bits per heavy atom. The van der Waals surface area contributed by atoms with Gasteiger partial charge in [-0.25, -0.2) is 0 Å². The second-order valence-electron chi connectivity index (χ2n) is 4.99. The molecule has 0 aliphatic carbocycles. The predicted molar refractivity (Wildman–Crippen MR) is 80.4 cm³/mol. The number of ether oxygens (including phenoxy) is 1. The maximum atomic E-state index is 12.1. The lowest BCUT2D eigenvalue weighted by Gasteiger charge is -2.22. The van der Waals surface area contributed by atoms with E-state index in [4.69, 9.17) is 10.5 Å². The van der Waals surface area contributed by atoms with Crippen molar-refractivity contribution in [1.29, 1.82) is 0 Å². The number of nitrogens with two attached hydrogens (primary N) is 1. The topological polar surface area (TPSA) is 107 Å². The van der Waals surface area contributed by atoms with Gasteiger partial charge < -0.3 is 15.8 Å². The SMILES string of the molecule is CCCC(C)(N)C(=O)Nc1ccc(OCC)cc1[N+](=O)[O-]. The Labute approximate surface area is 123 Å². The van der Waals surface area contributed by atoms with E-state index in [0.717, 1.165) is 6.42 Å². The second kappa shape index (κ2) is 7.03. The van der Waals surface area contributed by atoms with Gasteiger partial charge in [0.1, 0.15) is 11.4 Å². The quantitative estimate of drug-likeness (QED) is 0.593. The molecular formula is C14H21N3O4. The molecule has 1 aromatic carbocycles. The Kier molecular flexibility index (Phi) is 5.66. The third kappa shape index (κ3) is 4.42. The lowest BCUT2D eigenvalue weighted by atomic mass is 9.96. The molecule has 1 rings (SSSR count). The minimum atomic E-state index is -1.07. The fraction of sp³-hybridized carbons (Fsp3) is 0.500. The van der Waals surface area contributed by atoms with E-state index in [9.17, 15) is 14.9 Å². The molecule has 0 aliphatic rings. The lowest BCUT2D eigenvalue weighted by molar-refractivity contribution is -0.384. The van der Waals surface area contributed by atoms with Crippen LogP contribution < -0.4 is 15.8 Å². The van der Waals surface area contributed by atoms with Gasteiger partial charge in [-0.05, 0) is 32.4 Å². The van der Waals surface area contributed by atoms with Crippen molar-refractivity contribution in [2.45, 2.75) is 39.2 Å². The van der Waals surface area contributed by atoms with E-state index in [1.165, 1.54) is 12.1 Å². The highest BCUT2D eigenvalue weighted by Crippen LogP contribution is 2.29. The first-order valence-electron chi connectivity index (χ1n) is 6.83. The van der Waals surface area contributed by atoms with Crippen molar-refractivity contribution in [3.8, 4) is 5.75 Å². The molecule has 0 heterocycles. The number of hydrogen-bond acceptors (Lipinski definition) is 5. The zero-order valence-electron chi connectivity index (χ0n) is 12.5. The van der Waals surface area contributed by atoms with Gasteiger partial charge in [-0.15, -0.1) is 0 Å². The first kappa shape index (κ1) is 16.9.